The molecular weight excluding hydrogens is 336 g/mol. The summed E-state index contributed by atoms with van der Waals surface area (Å²) in [7, 11) is 0. The molecule has 0 spiro atoms. The van der Waals surface area contributed by atoms with Gasteiger partial charge in [0.1, 0.15) is 5.69 Å². The second-order valence-electron chi connectivity index (χ2n) is 6.70. The number of anilines is 1. The molecule has 1 fully saturated rings. The van der Waals surface area contributed by atoms with Gasteiger partial charge < -0.3 is 0 Å². The minimum atomic E-state index is -0.645. The van der Waals surface area contributed by atoms with Crippen LogP contribution in [-0.4, -0.2) is 15.6 Å². The monoisotopic (exact) mass is 362 g/mol. The highest BCUT2D eigenvalue weighted by atomic mass is 16.6. The minimum absolute atomic E-state index is 0.171. The summed E-state index contributed by atoms with van der Waals surface area (Å²) in [6, 6.07) is 3.55. The van der Waals surface area contributed by atoms with Crippen LogP contribution in [0.4, 0.5) is 17.1 Å². The first kappa shape index (κ1) is 19.8. The number of nitro benzene ring substituents is 2. The molecule has 1 saturated carbocycles. The zero-order valence-corrected chi connectivity index (χ0v) is 15.3. The van der Waals surface area contributed by atoms with Crippen LogP contribution in [0.3, 0.4) is 0 Å². The molecule has 142 valence electrons. The topological polar surface area (TPSA) is 111 Å². The number of nitro groups is 2. The van der Waals surface area contributed by atoms with Gasteiger partial charge in [-0.1, -0.05) is 33.1 Å². The third-order valence-electron chi connectivity index (χ3n) is 5.16. The van der Waals surface area contributed by atoms with E-state index >= 15 is 0 Å². The molecule has 26 heavy (non-hydrogen) atoms. The first-order chi connectivity index (χ1) is 12.5. The molecule has 0 amide bonds. The molecule has 0 bridgehead atoms. The van der Waals surface area contributed by atoms with Crippen molar-refractivity contribution in [2.24, 2.45) is 16.9 Å². The lowest BCUT2D eigenvalue weighted by Gasteiger charge is -2.30. The van der Waals surface area contributed by atoms with Gasteiger partial charge in [0.25, 0.3) is 5.69 Å². The Morgan fingerprint density at radius 3 is 2.42 bits per heavy atom. The van der Waals surface area contributed by atoms with Gasteiger partial charge in [-0.05, 0) is 37.7 Å². The predicted molar refractivity (Wildman–Crippen MR) is 101 cm³/mol. The average Bonchev–Trinajstić information content (AvgIpc) is 2.65. The zero-order chi connectivity index (χ0) is 19.1. The van der Waals surface area contributed by atoms with Crippen molar-refractivity contribution in [1.82, 2.24) is 0 Å². The first-order valence-corrected chi connectivity index (χ1v) is 9.23. The van der Waals surface area contributed by atoms with Crippen LogP contribution in [0.15, 0.2) is 23.3 Å². The molecule has 0 aromatic heterocycles. The lowest BCUT2D eigenvalue weighted by Crippen LogP contribution is -2.25. The molecule has 8 nitrogen and oxygen atoms in total. The maximum absolute atomic E-state index is 11.2. The quantitative estimate of drug-likeness (QED) is 0.384. The van der Waals surface area contributed by atoms with Crippen LogP contribution in [-0.2, 0) is 0 Å². The highest BCUT2D eigenvalue weighted by molar-refractivity contribution is 5.87. The Balaban J connectivity index is 2.24. The van der Waals surface area contributed by atoms with Crippen molar-refractivity contribution in [2.45, 2.75) is 58.8 Å². The minimum Gasteiger partial charge on any atom is -0.272 e. The smallest absolute Gasteiger partial charge is 0.272 e. The maximum atomic E-state index is 11.2. The third-order valence-corrected chi connectivity index (χ3v) is 5.16. The summed E-state index contributed by atoms with van der Waals surface area (Å²) in [5, 5.41) is 26.5. The van der Waals surface area contributed by atoms with E-state index in [4.69, 9.17) is 0 Å². The van der Waals surface area contributed by atoms with Crippen LogP contribution in [0, 0.1) is 32.1 Å². The Labute approximate surface area is 153 Å². The number of nitrogens with one attached hydrogen (secondary N) is 1. The molecule has 1 aromatic rings. The number of hydrogen-bond donors (Lipinski definition) is 1. The summed E-state index contributed by atoms with van der Waals surface area (Å²) < 4.78 is 0. The van der Waals surface area contributed by atoms with E-state index in [0.29, 0.717) is 11.8 Å². The van der Waals surface area contributed by atoms with Crippen molar-refractivity contribution in [1.29, 1.82) is 0 Å². The molecule has 0 aliphatic heterocycles. The fraction of sp³-hybridized carbons (Fsp3) is 0.611. The van der Waals surface area contributed by atoms with Gasteiger partial charge in [0.05, 0.1) is 15.9 Å². The molecule has 1 atom stereocenters. The molecule has 8 heteroatoms. The number of nitrogens with zero attached hydrogens (tertiary/aromatic N) is 3. The molecule has 2 rings (SSSR count). The van der Waals surface area contributed by atoms with Crippen molar-refractivity contribution in [3.8, 4) is 0 Å². The summed E-state index contributed by atoms with van der Waals surface area (Å²) in [4.78, 5) is 20.8. The highest BCUT2D eigenvalue weighted by Crippen LogP contribution is 2.34. The molecule has 0 heterocycles. The van der Waals surface area contributed by atoms with E-state index in [2.05, 4.69) is 17.5 Å². The van der Waals surface area contributed by atoms with Crippen LogP contribution in [0.5, 0.6) is 0 Å². The highest BCUT2D eigenvalue weighted by Gasteiger charge is 2.26. The summed E-state index contributed by atoms with van der Waals surface area (Å²) in [5.41, 5.74) is 3.31. The van der Waals surface area contributed by atoms with Crippen molar-refractivity contribution >= 4 is 22.8 Å². The zero-order valence-electron chi connectivity index (χ0n) is 15.3. The van der Waals surface area contributed by atoms with Gasteiger partial charge in [0.15, 0.2) is 0 Å². The SMILES string of the molecule is CC/C(=N/Nc1ccc([N+](=O)[O-])cc1[N+](=O)[O-])[C@H](CC)C1CCCCC1. The Kier molecular flexibility index (Phi) is 7.06. The van der Waals surface area contributed by atoms with E-state index in [1.54, 1.807) is 0 Å². The summed E-state index contributed by atoms with van der Waals surface area (Å²) >= 11 is 0. The summed E-state index contributed by atoms with van der Waals surface area (Å²) in [5.74, 6) is 0.978. The molecule has 1 aromatic carbocycles. The van der Waals surface area contributed by atoms with Gasteiger partial charge in [-0.2, -0.15) is 5.10 Å². The maximum Gasteiger partial charge on any atom is 0.301 e. The predicted octanol–water partition coefficient (Wildman–Crippen LogP) is 5.29. The first-order valence-electron chi connectivity index (χ1n) is 9.23. The molecule has 0 saturated heterocycles. The van der Waals surface area contributed by atoms with E-state index in [0.717, 1.165) is 24.6 Å². The number of hydrazone groups is 1. The van der Waals surface area contributed by atoms with Gasteiger partial charge >= 0.3 is 5.69 Å². The number of rotatable bonds is 8. The van der Waals surface area contributed by atoms with Crippen LogP contribution < -0.4 is 5.43 Å². The van der Waals surface area contributed by atoms with Gasteiger partial charge in [-0.15, -0.1) is 0 Å². The third kappa shape index (κ3) is 4.77. The fourth-order valence-corrected chi connectivity index (χ4v) is 3.81. The van der Waals surface area contributed by atoms with Crippen molar-refractivity contribution in [2.75, 3.05) is 5.43 Å². The van der Waals surface area contributed by atoms with E-state index in [9.17, 15) is 20.2 Å². The van der Waals surface area contributed by atoms with Gasteiger partial charge in [-0.3, -0.25) is 25.7 Å². The lowest BCUT2D eigenvalue weighted by atomic mass is 9.76. The van der Waals surface area contributed by atoms with E-state index in [-0.39, 0.29) is 17.1 Å². The summed E-state index contributed by atoms with van der Waals surface area (Å²) in [6.45, 7) is 4.19. The van der Waals surface area contributed by atoms with E-state index in [1.165, 1.54) is 44.2 Å². The number of non-ortho nitro benzene ring substituents is 1. The normalized spacial score (nSPS) is 16.9. The molecule has 1 N–H and O–H groups in total. The Bertz CT molecular complexity index is 684. The molecule has 0 unspecified atom stereocenters. The van der Waals surface area contributed by atoms with Crippen LogP contribution in [0.2, 0.25) is 0 Å². The van der Waals surface area contributed by atoms with Crippen LogP contribution >= 0.6 is 0 Å². The van der Waals surface area contributed by atoms with Crippen LogP contribution in [0.1, 0.15) is 58.8 Å². The Morgan fingerprint density at radius 1 is 1.19 bits per heavy atom. The van der Waals surface area contributed by atoms with E-state index < -0.39 is 9.85 Å². The van der Waals surface area contributed by atoms with Gasteiger partial charge in [-0.25, -0.2) is 0 Å². The van der Waals surface area contributed by atoms with Gasteiger partial charge in [0, 0.05) is 17.7 Å². The van der Waals surface area contributed by atoms with Crippen molar-refractivity contribution in [3.63, 3.8) is 0 Å². The van der Waals surface area contributed by atoms with Crippen molar-refractivity contribution < 1.29 is 9.85 Å². The second-order valence-corrected chi connectivity index (χ2v) is 6.70. The van der Waals surface area contributed by atoms with E-state index in [1.807, 2.05) is 6.92 Å². The number of hydrogen-bond acceptors (Lipinski definition) is 6. The molecule has 1 aliphatic rings. The van der Waals surface area contributed by atoms with Crippen LogP contribution in [0.25, 0.3) is 0 Å². The molecule has 0 radical (unpaired) electrons. The molecule has 1 aliphatic carbocycles. The standard InChI is InChI=1S/C18H26N4O4/c1-3-15(13-8-6-5-7-9-13)16(4-2)19-20-17-11-10-14(21(23)24)12-18(17)22(25)26/h10-13,15,20H,3-9H2,1-2H3/b19-16-/t15-/m1/s1. The molecular formula is C18H26N4O4. The average molecular weight is 362 g/mol. The van der Waals surface area contributed by atoms with Gasteiger partial charge in [0.2, 0.25) is 0 Å². The summed E-state index contributed by atoms with van der Waals surface area (Å²) in [6.07, 6.45) is 7.95. The lowest BCUT2D eigenvalue weighted by molar-refractivity contribution is -0.393. The Hall–Kier alpha value is -2.51. The van der Waals surface area contributed by atoms with Crippen molar-refractivity contribution in [3.05, 3.63) is 38.4 Å². The Morgan fingerprint density at radius 2 is 1.88 bits per heavy atom. The fourth-order valence-electron chi connectivity index (χ4n) is 3.81. The number of benzene rings is 1. The largest absolute Gasteiger partial charge is 0.301 e. The second kappa shape index (κ2) is 9.26.